The van der Waals surface area contributed by atoms with Gasteiger partial charge in [-0.3, -0.25) is 4.79 Å². The third-order valence-corrected chi connectivity index (χ3v) is 3.04. The molecule has 2 N–H and O–H groups in total. The minimum atomic E-state index is -1.07. The van der Waals surface area contributed by atoms with E-state index in [4.69, 9.17) is 9.84 Å². The molecule has 1 saturated heterocycles. The second kappa shape index (κ2) is 5.36. The maximum absolute atomic E-state index is 13.1. The highest BCUT2D eigenvalue weighted by Crippen LogP contribution is 2.22. The average molecular weight is 267 g/mol. The summed E-state index contributed by atoms with van der Waals surface area (Å²) in [4.78, 5) is 22.6. The highest BCUT2D eigenvalue weighted by atomic mass is 19.1. The summed E-state index contributed by atoms with van der Waals surface area (Å²) in [5.74, 6) is -1.97. The number of ether oxygens (including phenoxy) is 1. The summed E-state index contributed by atoms with van der Waals surface area (Å²) >= 11 is 0. The molecule has 1 aliphatic rings. The van der Waals surface area contributed by atoms with Crippen LogP contribution in [-0.2, 0) is 14.3 Å². The minimum absolute atomic E-state index is 0.301. The standard InChI is InChI=1S/C13H14FNO4/c1-7-2-3-8(14)6-9(7)15-12(16)10-4-5-11(19-10)13(17)18/h2-3,6,10-11H,4-5H2,1H3,(H,15,16)(H,17,18). The number of anilines is 1. The van der Waals surface area contributed by atoms with E-state index in [1.165, 1.54) is 12.1 Å². The predicted molar refractivity (Wildman–Crippen MR) is 65.3 cm³/mol. The number of carbonyl (C=O) groups excluding carboxylic acids is 1. The SMILES string of the molecule is Cc1ccc(F)cc1NC(=O)C1CCC(C(=O)O)O1. The third kappa shape index (κ3) is 3.08. The Bertz CT molecular complexity index is 517. The van der Waals surface area contributed by atoms with E-state index >= 15 is 0 Å². The number of hydrogen-bond donors (Lipinski definition) is 2. The number of benzene rings is 1. The quantitative estimate of drug-likeness (QED) is 0.874. The maximum Gasteiger partial charge on any atom is 0.332 e. The summed E-state index contributed by atoms with van der Waals surface area (Å²) in [6.07, 6.45) is -1.10. The summed E-state index contributed by atoms with van der Waals surface area (Å²) in [5, 5.41) is 11.3. The lowest BCUT2D eigenvalue weighted by Gasteiger charge is -2.13. The molecule has 102 valence electrons. The predicted octanol–water partition coefficient (Wildman–Crippen LogP) is 1.70. The zero-order valence-electron chi connectivity index (χ0n) is 10.4. The molecule has 0 bridgehead atoms. The van der Waals surface area contributed by atoms with Crippen molar-refractivity contribution in [2.45, 2.75) is 32.0 Å². The fraction of sp³-hybridized carbons (Fsp3) is 0.385. The Morgan fingerprint density at radius 1 is 1.37 bits per heavy atom. The molecular formula is C13H14FNO4. The van der Waals surface area contributed by atoms with Crippen LogP contribution in [0.25, 0.3) is 0 Å². The monoisotopic (exact) mass is 267 g/mol. The van der Waals surface area contributed by atoms with Crippen LogP contribution in [0, 0.1) is 12.7 Å². The average Bonchev–Trinajstić information content (AvgIpc) is 2.83. The molecule has 1 aromatic carbocycles. The molecule has 0 aliphatic carbocycles. The lowest BCUT2D eigenvalue weighted by atomic mass is 10.1. The van der Waals surface area contributed by atoms with Gasteiger partial charge in [0.15, 0.2) is 6.10 Å². The van der Waals surface area contributed by atoms with Crippen LogP contribution in [0.3, 0.4) is 0 Å². The molecule has 1 amide bonds. The lowest BCUT2D eigenvalue weighted by Crippen LogP contribution is -2.30. The zero-order valence-corrected chi connectivity index (χ0v) is 10.4. The number of carboxylic acid groups (broad SMARTS) is 1. The molecule has 2 atom stereocenters. The molecule has 6 heteroatoms. The van der Waals surface area contributed by atoms with E-state index in [0.29, 0.717) is 18.5 Å². The van der Waals surface area contributed by atoms with E-state index < -0.39 is 29.9 Å². The Labute approximate surface area is 109 Å². The second-order valence-electron chi connectivity index (χ2n) is 4.48. The molecule has 0 aromatic heterocycles. The fourth-order valence-electron chi connectivity index (χ4n) is 1.95. The van der Waals surface area contributed by atoms with Gasteiger partial charge in [-0.05, 0) is 37.5 Å². The van der Waals surface area contributed by atoms with Crippen LogP contribution in [-0.4, -0.2) is 29.2 Å². The molecule has 5 nitrogen and oxygen atoms in total. The number of nitrogens with one attached hydrogen (secondary N) is 1. The maximum atomic E-state index is 13.1. The molecule has 1 aliphatic heterocycles. The number of aliphatic carboxylic acids is 1. The number of amides is 1. The minimum Gasteiger partial charge on any atom is -0.479 e. The van der Waals surface area contributed by atoms with Gasteiger partial charge in [-0.15, -0.1) is 0 Å². The number of hydrogen-bond acceptors (Lipinski definition) is 3. The van der Waals surface area contributed by atoms with Gasteiger partial charge < -0.3 is 15.2 Å². The number of carboxylic acids is 1. The first-order valence-electron chi connectivity index (χ1n) is 5.92. The van der Waals surface area contributed by atoms with E-state index in [9.17, 15) is 14.0 Å². The van der Waals surface area contributed by atoms with Gasteiger partial charge >= 0.3 is 5.97 Å². The number of aryl methyl sites for hydroxylation is 1. The van der Waals surface area contributed by atoms with Gasteiger partial charge in [0.1, 0.15) is 11.9 Å². The second-order valence-corrected chi connectivity index (χ2v) is 4.48. The van der Waals surface area contributed by atoms with Crippen molar-refractivity contribution in [1.29, 1.82) is 0 Å². The Kier molecular flexibility index (Phi) is 3.80. The zero-order chi connectivity index (χ0) is 14.0. The topological polar surface area (TPSA) is 75.6 Å². The molecule has 2 unspecified atom stereocenters. The van der Waals surface area contributed by atoms with Crippen molar-refractivity contribution >= 4 is 17.6 Å². The van der Waals surface area contributed by atoms with Gasteiger partial charge in [-0.25, -0.2) is 9.18 Å². The summed E-state index contributed by atoms with van der Waals surface area (Å²) in [7, 11) is 0. The first kappa shape index (κ1) is 13.5. The van der Waals surface area contributed by atoms with Crippen LogP contribution in [0.2, 0.25) is 0 Å². The molecule has 0 saturated carbocycles. The van der Waals surface area contributed by atoms with E-state index in [1.54, 1.807) is 13.0 Å². The largest absolute Gasteiger partial charge is 0.479 e. The molecule has 1 aromatic rings. The van der Waals surface area contributed by atoms with Gasteiger partial charge in [0, 0.05) is 5.69 Å². The molecule has 1 heterocycles. The normalized spacial score (nSPS) is 22.2. The molecule has 1 fully saturated rings. The summed E-state index contributed by atoms with van der Waals surface area (Å²) < 4.78 is 18.2. The van der Waals surface area contributed by atoms with E-state index in [0.717, 1.165) is 5.56 Å². The van der Waals surface area contributed by atoms with Crippen molar-refractivity contribution in [3.05, 3.63) is 29.6 Å². The molecule has 0 radical (unpaired) electrons. The van der Waals surface area contributed by atoms with Crippen molar-refractivity contribution in [3.63, 3.8) is 0 Å². The summed E-state index contributed by atoms with van der Waals surface area (Å²) in [6.45, 7) is 1.74. The number of carbonyl (C=O) groups is 2. The summed E-state index contributed by atoms with van der Waals surface area (Å²) in [5.41, 5.74) is 1.09. The highest BCUT2D eigenvalue weighted by molar-refractivity contribution is 5.95. The molecule has 2 rings (SSSR count). The van der Waals surface area contributed by atoms with E-state index in [1.807, 2.05) is 0 Å². The lowest BCUT2D eigenvalue weighted by molar-refractivity contribution is -0.150. The van der Waals surface area contributed by atoms with Crippen LogP contribution in [0.1, 0.15) is 18.4 Å². The Morgan fingerprint density at radius 3 is 2.68 bits per heavy atom. The fourth-order valence-corrected chi connectivity index (χ4v) is 1.95. The summed E-state index contributed by atoms with van der Waals surface area (Å²) in [6, 6.07) is 4.08. The van der Waals surface area contributed by atoms with E-state index in [2.05, 4.69) is 5.32 Å². The Balaban J connectivity index is 2.02. The van der Waals surface area contributed by atoms with Crippen LogP contribution >= 0.6 is 0 Å². The first-order valence-corrected chi connectivity index (χ1v) is 5.92. The van der Waals surface area contributed by atoms with Gasteiger partial charge in [0.05, 0.1) is 0 Å². The van der Waals surface area contributed by atoms with Crippen molar-refractivity contribution < 1.29 is 23.8 Å². The number of halogens is 1. The third-order valence-electron chi connectivity index (χ3n) is 3.04. The van der Waals surface area contributed by atoms with Crippen molar-refractivity contribution in [2.75, 3.05) is 5.32 Å². The molecule has 0 spiro atoms. The van der Waals surface area contributed by atoms with Crippen LogP contribution in [0.15, 0.2) is 18.2 Å². The molecular weight excluding hydrogens is 253 g/mol. The molecule has 19 heavy (non-hydrogen) atoms. The Morgan fingerprint density at radius 2 is 2.05 bits per heavy atom. The van der Waals surface area contributed by atoms with Gasteiger partial charge in [0.2, 0.25) is 0 Å². The highest BCUT2D eigenvalue weighted by Gasteiger charge is 2.34. The smallest absolute Gasteiger partial charge is 0.332 e. The van der Waals surface area contributed by atoms with Gasteiger partial charge in [-0.1, -0.05) is 6.07 Å². The van der Waals surface area contributed by atoms with E-state index in [-0.39, 0.29) is 0 Å². The van der Waals surface area contributed by atoms with Crippen molar-refractivity contribution in [3.8, 4) is 0 Å². The first-order chi connectivity index (χ1) is 8.97. The van der Waals surface area contributed by atoms with Gasteiger partial charge in [0.25, 0.3) is 5.91 Å². The van der Waals surface area contributed by atoms with Crippen LogP contribution in [0.5, 0.6) is 0 Å². The van der Waals surface area contributed by atoms with Crippen molar-refractivity contribution in [2.24, 2.45) is 0 Å². The number of rotatable bonds is 3. The van der Waals surface area contributed by atoms with Crippen molar-refractivity contribution in [1.82, 2.24) is 0 Å². The van der Waals surface area contributed by atoms with Crippen LogP contribution < -0.4 is 5.32 Å². The van der Waals surface area contributed by atoms with Gasteiger partial charge in [-0.2, -0.15) is 0 Å². The van der Waals surface area contributed by atoms with Crippen LogP contribution in [0.4, 0.5) is 10.1 Å². The Hall–Kier alpha value is -1.95.